The number of rotatable bonds is 3. The fourth-order valence-corrected chi connectivity index (χ4v) is 7.09. The van der Waals surface area contributed by atoms with Crippen molar-refractivity contribution in [3.05, 3.63) is 15.4 Å². The maximum atomic E-state index is 12.7. The molecular weight excluding hydrogens is 372 g/mol. The number of halogens is 1. The van der Waals surface area contributed by atoms with Crippen molar-refractivity contribution in [2.45, 2.75) is 42.9 Å². The van der Waals surface area contributed by atoms with Gasteiger partial charge in [0.15, 0.2) is 0 Å². The molecule has 3 heterocycles. The molecule has 0 atom stereocenters. The maximum absolute atomic E-state index is 12.7. The highest BCUT2D eigenvalue weighted by molar-refractivity contribution is 9.11. The zero-order valence-electron chi connectivity index (χ0n) is 12.2. The number of sulfonamides is 1. The van der Waals surface area contributed by atoms with Gasteiger partial charge in [0, 0.05) is 19.1 Å². The fraction of sp³-hybridized carbons (Fsp3) is 0.714. The third-order valence-electron chi connectivity index (χ3n) is 4.51. The smallest absolute Gasteiger partial charge is 0.252 e. The van der Waals surface area contributed by atoms with E-state index in [1.807, 2.05) is 6.92 Å². The Labute approximate surface area is 139 Å². The molecule has 0 saturated carbocycles. The third kappa shape index (κ3) is 3.22. The molecule has 118 valence electrons. The SMILES string of the molecule is Cc1cc(S(=O)(=O)N2CCC(N3CCCC3)CC2)sc1Br. The van der Waals surface area contributed by atoms with Crippen molar-refractivity contribution in [1.82, 2.24) is 9.21 Å². The molecule has 0 aromatic carbocycles. The van der Waals surface area contributed by atoms with E-state index in [4.69, 9.17) is 0 Å². The second kappa shape index (κ2) is 6.28. The van der Waals surface area contributed by atoms with E-state index in [2.05, 4.69) is 20.8 Å². The average molecular weight is 393 g/mol. The quantitative estimate of drug-likeness (QED) is 0.793. The minimum absolute atomic E-state index is 0.464. The van der Waals surface area contributed by atoms with Crippen LogP contribution in [0.2, 0.25) is 0 Å². The molecule has 7 heteroatoms. The molecule has 3 rings (SSSR count). The predicted molar refractivity (Wildman–Crippen MR) is 89.3 cm³/mol. The third-order valence-corrected chi connectivity index (χ3v) is 8.99. The van der Waals surface area contributed by atoms with E-state index >= 15 is 0 Å². The Morgan fingerprint density at radius 2 is 1.81 bits per heavy atom. The van der Waals surface area contributed by atoms with Crippen LogP contribution in [0.3, 0.4) is 0 Å². The van der Waals surface area contributed by atoms with Gasteiger partial charge in [-0.15, -0.1) is 11.3 Å². The number of piperidine rings is 1. The van der Waals surface area contributed by atoms with Gasteiger partial charge in [-0.2, -0.15) is 4.31 Å². The number of aryl methyl sites for hydroxylation is 1. The summed E-state index contributed by atoms with van der Waals surface area (Å²) in [5.74, 6) is 0. The van der Waals surface area contributed by atoms with Crippen LogP contribution in [0, 0.1) is 6.92 Å². The van der Waals surface area contributed by atoms with Gasteiger partial charge < -0.3 is 4.90 Å². The van der Waals surface area contributed by atoms with Crippen molar-refractivity contribution >= 4 is 37.3 Å². The van der Waals surface area contributed by atoms with Crippen LogP contribution < -0.4 is 0 Å². The van der Waals surface area contributed by atoms with Crippen LogP contribution in [0.15, 0.2) is 14.1 Å². The summed E-state index contributed by atoms with van der Waals surface area (Å²) < 4.78 is 28.4. The Bertz CT molecular complexity index is 581. The predicted octanol–water partition coefficient (Wildman–Crippen LogP) is 3.07. The number of thiophene rings is 1. The standard InChI is InChI=1S/C14H21BrN2O2S2/c1-11-10-13(20-14(11)15)21(18,19)17-8-4-12(5-9-17)16-6-2-3-7-16/h10,12H,2-9H2,1H3. The monoisotopic (exact) mass is 392 g/mol. The zero-order chi connectivity index (χ0) is 15.0. The Balaban J connectivity index is 1.68. The van der Waals surface area contributed by atoms with E-state index in [-0.39, 0.29) is 0 Å². The van der Waals surface area contributed by atoms with E-state index in [1.54, 1.807) is 10.4 Å². The number of nitrogens with zero attached hydrogens (tertiary/aromatic N) is 2. The van der Waals surface area contributed by atoms with Gasteiger partial charge in [0.25, 0.3) is 10.0 Å². The van der Waals surface area contributed by atoms with Gasteiger partial charge in [0.1, 0.15) is 4.21 Å². The molecule has 2 fully saturated rings. The summed E-state index contributed by atoms with van der Waals surface area (Å²) in [4.78, 5) is 2.54. The minimum atomic E-state index is -3.31. The first-order chi connectivity index (χ1) is 9.98. The number of hydrogen-bond acceptors (Lipinski definition) is 4. The molecular formula is C14H21BrN2O2S2. The highest BCUT2D eigenvalue weighted by Crippen LogP contribution is 2.33. The molecule has 2 aliphatic heterocycles. The largest absolute Gasteiger partial charge is 0.300 e. The van der Waals surface area contributed by atoms with E-state index < -0.39 is 10.0 Å². The zero-order valence-corrected chi connectivity index (χ0v) is 15.4. The lowest BCUT2D eigenvalue weighted by Crippen LogP contribution is -2.45. The lowest BCUT2D eigenvalue weighted by atomic mass is 10.1. The molecule has 0 bridgehead atoms. The molecule has 0 unspecified atom stereocenters. The summed E-state index contributed by atoms with van der Waals surface area (Å²) in [5.41, 5.74) is 0.991. The van der Waals surface area contributed by atoms with E-state index in [0.29, 0.717) is 23.3 Å². The summed E-state index contributed by atoms with van der Waals surface area (Å²) in [5, 5.41) is 0. The molecule has 1 aromatic heterocycles. The van der Waals surface area contributed by atoms with Gasteiger partial charge in [-0.1, -0.05) is 0 Å². The fourth-order valence-electron chi connectivity index (χ4n) is 3.24. The van der Waals surface area contributed by atoms with Crippen LogP contribution in [0.1, 0.15) is 31.2 Å². The van der Waals surface area contributed by atoms with Crippen LogP contribution in [0.4, 0.5) is 0 Å². The van der Waals surface area contributed by atoms with Gasteiger partial charge in [-0.3, -0.25) is 0 Å². The van der Waals surface area contributed by atoms with Crippen LogP contribution in [-0.2, 0) is 10.0 Å². The van der Waals surface area contributed by atoms with Crippen LogP contribution >= 0.6 is 27.3 Å². The molecule has 0 radical (unpaired) electrons. The number of hydrogen-bond donors (Lipinski definition) is 0. The van der Waals surface area contributed by atoms with Crippen LogP contribution in [0.5, 0.6) is 0 Å². The molecule has 1 aromatic rings. The van der Waals surface area contributed by atoms with Crippen LogP contribution in [0.25, 0.3) is 0 Å². The first-order valence-corrected chi connectivity index (χ1v) is 10.5. The summed E-state index contributed by atoms with van der Waals surface area (Å²) >= 11 is 4.73. The van der Waals surface area contributed by atoms with Crippen molar-refractivity contribution in [2.24, 2.45) is 0 Å². The first kappa shape index (κ1) is 15.9. The summed E-state index contributed by atoms with van der Waals surface area (Å²) in [6.07, 6.45) is 4.51. The summed E-state index contributed by atoms with van der Waals surface area (Å²) in [6, 6.07) is 2.35. The van der Waals surface area contributed by atoms with Gasteiger partial charge in [0.2, 0.25) is 0 Å². The lowest BCUT2D eigenvalue weighted by molar-refractivity contribution is 0.168. The summed E-state index contributed by atoms with van der Waals surface area (Å²) in [7, 11) is -3.31. The molecule has 21 heavy (non-hydrogen) atoms. The highest BCUT2D eigenvalue weighted by atomic mass is 79.9. The second-order valence-corrected chi connectivity index (χ2v) is 10.4. The minimum Gasteiger partial charge on any atom is -0.300 e. The highest BCUT2D eigenvalue weighted by Gasteiger charge is 2.33. The van der Waals surface area contributed by atoms with Crippen LogP contribution in [-0.4, -0.2) is 49.8 Å². The van der Waals surface area contributed by atoms with E-state index in [9.17, 15) is 8.42 Å². The first-order valence-electron chi connectivity index (χ1n) is 7.48. The molecule has 4 nitrogen and oxygen atoms in total. The summed E-state index contributed by atoms with van der Waals surface area (Å²) in [6.45, 7) is 5.61. The molecule has 0 aliphatic carbocycles. The Morgan fingerprint density at radius 1 is 1.19 bits per heavy atom. The van der Waals surface area contributed by atoms with Crippen molar-refractivity contribution in [3.63, 3.8) is 0 Å². The average Bonchev–Trinajstić information content (AvgIpc) is 3.10. The topological polar surface area (TPSA) is 40.6 Å². The Hall–Kier alpha value is 0.0500. The number of likely N-dealkylation sites (tertiary alicyclic amines) is 1. The molecule has 0 spiro atoms. The Kier molecular flexibility index (Phi) is 4.76. The van der Waals surface area contributed by atoms with E-state index in [1.165, 1.54) is 37.3 Å². The van der Waals surface area contributed by atoms with Crippen molar-refractivity contribution in [1.29, 1.82) is 0 Å². The van der Waals surface area contributed by atoms with Crippen molar-refractivity contribution in [3.8, 4) is 0 Å². The van der Waals surface area contributed by atoms with E-state index in [0.717, 1.165) is 22.2 Å². The molecule has 0 N–H and O–H groups in total. The van der Waals surface area contributed by atoms with Gasteiger partial charge in [-0.25, -0.2) is 8.42 Å². The van der Waals surface area contributed by atoms with Gasteiger partial charge in [0.05, 0.1) is 3.79 Å². The second-order valence-electron chi connectivity index (χ2n) is 5.90. The van der Waals surface area contributed by atoms with Gasteiger partial charge >= 0.3 is 0 Å². The maximum Gasteiger partial charge on any atom is 0.252 e. The van der Waals surface area contributed by atoms with Gasteiger partial charge in [-0.05, 0) is 73.3 Å². The molecule has 0 amide bonds. The molecule has 2 saturated heterocycles. The molecule has 2 aliphatic rings. The normalized spacial score (nSPS) is 23.0. The van der Waals surface area contributed by atoms with Crippen molar-refractivity contribution < 1.29 is 8.42 Å². The lowest BCUT2D eigenvalue weighted by Gasteiger charge is -2.35. The Morgan fingerprint density at radius 3 is 2.33 bits per heavy atom. The van der Waals surface area contributed by atoms with Crippen molar-refractivity contribution in [2.75, 3.05) is 26.2 Å².